The number of piperidine rings is 1. The van der Waals surface area contributed by atoms with E-state index in [4.69, 9.17) is 5.41 Å². The number of hydrogen-bond acceptors (Lipinski definition) is 7. The zero-order valence-electron chi connectivity index (χ0n) is 18.4. The number of rotatable bonds is 5. The molecule has 1 aromatic heterocycles. The van der Waals surface area contributed by atoms with Gasteiger partial charge in [0.25, 0.3) is 0 Å². The van der Waals surface area contributed by atoms with Gasteiger partial charge in [-0.2, -0.15) is 0 Å². The average Bonchev–Trinajstić information content (AvgIpc) is 2.80. The lowest BCUT2D eigenvalue weighted by Gasteiger charge is -2.45. The molecule has 0 amide bonds. The van der Waals surface area contributed by atoms with Crippen LogP contribution in [0.5, 0.6) is 5.75 Å². The van der Waals surface area contributed by atoms with Crippen LogP contribution in [0, 0.1) is 10.8 Å². The van der Waals surface area contributed by atoms with Crippen LogP contribution in [0.3, 0.4) is 0 Å². The van der Waals surface area contributed by atoms with Crippen LogP contribution in [0.1, 0.15) is 55.8 Å². The Morgan fingerprint density at radius 1 is 1.26 bits per heavy atom. The highest BCUT2D eigenvalue weighted by molar-refractivity contribution is 6.07. The highest BCUT2D eigenvalue weighted by Crippen LogP contribution is 2.49. The molecule has 2 fully saturated rings. The Bertz CT molecular complexity index is 947. The molecular weight excluding hydrogens is 388 g/mol. The molecule has 1 atom stereocenters. The van der Waals surface area contributed by atoms with Crippen LogP contribution in [-0.4, -0.2) is 58.1 Å². The van der Waals surface area contributed by atoms with E-state index in [-0.39, 0.29) is 5.75 Å². The summed E-state index contributed by atoms with van der Waals surface area (Å²) in [6.45, 7) is 2.37. The SMILES string of the molecule is CN/C=C\C(=N)c1ccc(-c2cnc(C3CCCC4(CCN(C)CC4)C3)nn2)c(O)c1. The third kappa shape index (κ3) is 4.77. The van der Waals surface area contributed by atoms with Gasteiger partial charge in [0.2, 0.25) is 0 Å². The van der Waals surface area contributed by atoms with E-state index in [0.29, 0.717) is 33.9 Å². The van der Waals surface area contributed by atoms with E-state index in [1.165, 1.54) is 38.8 Å². The smallest absolute Gasteiger partial charge is 0.154 e. The molecule has 7 heteroatoms. The Labute approximate surface area is 184 Å². The van der Waals surface area contributed by atoms with E-state index in [2.05, 4.69) is 32.4 Å². The first-order valence-electron chi connectivity index (χ1n) is 11.1. The van der Waals surface area contributed by atoms with E-state index in [0.717, 1.165) is 18.7 Å². The molecule has 1 aliphatic carbocycles. The van der Waals surface area contributed by atoms with E-state index in [1.54, 1.807) is 43.7 Å². The number of allylic oxidation sites excluding steroid dienone is 1. The van der Waals surface area contributed by atoms with Crippen LogP contribution in [-0.2, 0) is 0 Å². The first-order valence-corrected chi connectivity index (χ1v) is 11.1. The zero-order chi connectivity index (χ0) is 21.8. The lowest BCUT2D eigenvalue weighted by atomic mass is 9.64. The van der Waals surface area contributed by atoms with Crippen molar-refractivity contribution in [3.05, 3.63) is 48.1 Å². The highest BCUT2D eigenvalue weighted by atomic mass is 16.3. The summed E-state index contributed by atoms with van der Waals surface area (Å²) in [5.74, 6) is 1.28. The number of aromatic nitrogens is 3. The van der Waals surface area contributed by atoms with Crippen molar-refractivity contribution >= 4 is 5.71 Å². The Morgan fingerprint density at radius 3 is 2.74 bits per heavy atom. The van der Waals surface area contributed by atoms with Crippen molar-refractivity contribution in [1.82, 2.24) is 25.4 Å². The van der Waals surface area contributed by atoms with Gasteiger partial charge in [-0.05, 0) is 82.1 Å². The molecule has 2 heterocycles. The summed E-state index contributed by atoms with van der Waals surface area (Å²) >= 11 is 0. The quantitative estimate of drug-likeness (QED) is 0.638. The number of aromatic hydroxyl groups is 1. The predicted octanol–water partition coefficient (Wildman–Crippen LogP) is 3.71. The normalized spacial score (nSPS) is 21.4. The number of nitrogens with zero attached hydrogens (tertiary/aromatic N) is 4. The average molecular weight is 421 g/mol. The van der Waals surface area contributed by atoms with Crippen molar-refractivity contribution in [2.24, 2.45) is 5.41 Å². The molecule has 0 bridgehead atoms. The number of hydrogen-bond donors (Lipinski definition) is 3. The summed E-state index contributed by atoms with van der Waals surface area (Å²) in [5.41, 5.74) is 2.52. The van der Waals surface area contributed by atoms with Crippen molar-refractivity contribution < 1.29 is 5.11 Å². The van der Waals surface area contributed by atoms with E-state index < -0.39 is 0 Å². The van der Waals surface area contributed by atoms with E-state index in [1.807, 2.05) is 0 Å². The molecule has 1 saturated carbocycles. The van der Waals surface area contributed by atoms with Gasteiger partial charge in [0.1, 0.15) is 11.4 Å². The third-order valence-electron chi connectivity index (χ3n) is 6.93. The standard InChI is InChI=1S/C24H32N6O/c1-26-11-7-20(25)17-5-6-19(22(31)14-17)21-16-27-23(29-28-21)18-4-3-8-24(15-18)9-12-30(2)13-10-24/h5-7,11,14,16,18,25-26,31H,3-4,8-10,12-13,15H2,1-2H3/b11-7-,25-20?. The lowest BCUT2D eigenvalue weighted by Crippen LogP contribution is -2.40. The van der Waals surface area contributed by atoms with Crippen LogP contribution < -0.4 is 5.32 Å². The molecule has 2 aromatic rings. The fourth-order valence-electron chi connectivity index (χ4n) is 4.99. The summed E-state index contributed by atoms with van der Waals surface area (Å²) in [6.07, 6.45) is 12.4. The topological polar surface area (TPSA) is 98.0 Å². The van der Waals surface area contributed by atoms with E-state index in [9.17, 15) is 5.11 Å². The van der Waals surface area contributed by atoms with Gasteiger partial charge < -0.3 is 20.7 Å². The van der Waals surface area contributed by atoms with Crippen molar-refractivity contribution in [1.29, 1.82) is 5.41 Å². The van der Waals surface area contributed by atoms with Gasteiger partial charge in [-0.25, -0.2) is 4.98 Å². The summed E-state index contributed by atoms with van der Waals surface area (Å²) in [5, 5.41) is 30.3. The molecular formula is C24H32N6O. The molecule has 1 unspecified atom stereocenters. The van der Waals surface area contributed by atoms with Crippen molar-refractivity contribution in [2.45, 2.75) is 44.4 Å². The molecule has 164 valence electrons. The first kappa shape index (κ1) is 21.4. The van der Waals surface area contributed by atoms with Gasteiger partial charge in [-0.1, -0.05) is 12.5 Å². The summed E-state index contributed by atoms with van der Waals surface area (Å²) in [6, 6.07) is 5.15. The second-order valence-corrected chi connectivity index (χ2v) is 9.07. The van der Waals surface area contributed by atoms with Crippen LogP contribution in [0.4, 0.5) is 0 Å². The molecule has 1 saturated heterocycles. The monoisotopic (exact) mass is 420 g/mol. The summed E-state index contributed by atoms with van der Waals surface area (Å²) in [4.78, 5) is 7.08. The minimum Gasteiger partial charge on any atom is -0.507 e. The van der Waals surface area contributed by atoms with Crippen molar-refractivity contribution in [3.8, 4) is 17.0 Å². The molecule has 1 aromatic carbocycles. The van der Waals surface area contributed by atoms with Gasteiger partial charge in [-0.3, -0.25) is 0 Å². The predicted molar refractivity (Wildman–Crippen MR) is 122 cm³/mol. The highest BCUT2D eigenvalue weighted by Gasteiger charge is 2.39. The van der Waals surface area contributed by atoms with Crippen LogP contribution in [0.2, 0.25) is 0 Å². The van der Waals surface area contributed by atoms with Crippen LogP contribution in [0.15, 0.2) is 36.7 Å². The number of nitrogens with one attached hydrogen (secondary N) is 2. The Balaban J connectivity index is 1.48. The maximum absolute atomic E-state index is 10.5. The van der Waals surface area contributed by atoms with Gasteiger partial charge >= 0.3 is 0 Å². The number of likely N-dealkylation sites (tertiary alicyclic amines) is 1. The number of phenols is 1. The maximum Gasteiger partial charge on any atom is 0.154 e. The van der Waals surface area contributed by atoms with Crippen molar-refractivity contribution in [2.75, 3.05) is 27.2 Å². The largest absolute Gasteiger partial charge is 0.507 e. The second kappa shape index (κ2) is 9.14. The first-order chi connectivity index (χ1) is 15.0. The van der Waals surface area contributed by atoms with E-state index >= 15 is 0 Å². The van der Waals surface area contributed by atoms with Crippen molar-refractivity contribution in [3.63, 3.8) is 0 Å². The Morgan fingerprint density at radius 2 is 2.06 bits per heavy atom. The Kier molecular flexibility index (Phi) is 6.32. The summed E-state index contributed by atoms with van der Waals surface area (Å²) < 4.78 is 0. The molecule has 3 N–H and O–H groups in total. The second-order valence-electron chi connectivity index (χ2n) is 9.07. The zero-order valence-corrected chi connectivity index (χ0v) is 18.4. The molecule has 4 rings (SSSR count). The molecule has 1 aliphatic heterocycles. The third-order valence-corrected chi connectivity index (χ3v) is 6.93. The van der Waals surface area contributed by atoms with Gasteiger partial charge in [-0.15, -0.1) is 10.2 Å². The fraction of sp³-hybridized carbons (Fsp3) is 0.500. The molecule has 1 spiro atoms. The summed E-state index contributed by atoms with van der Waals surface area (Å²) in [7, 11) is 3.99. The minimum atomic E-state index is 0.0758. The number of benzene rings is 1. The molecule has 31 heavy (non-hydrogen) atoms. The fourth-order valence-corrected chi connectivity index (χ4v) is 4.99. The Hall–Kier alpha value is -2.80. The molecule has 7 nitrogen and oxygen atoms in total. The maximum atomic E-state index is 10.5. The van der Waals surface area contributed by atoms with Crippen LogP contribution >= 0.6 is 0 Å². The number of phenolic OH excluding ortho intramolecular Hbond substituents is 1. The molecule has 2 aliphatic rings. The van der Waals surface area contributed by atoms with Gasteiger partial charge in [0, 0.05) is 24.1 Å². The lowest BCUT2D eigenvalue weighted by molar-refractivity contribution is 0.0696. The van der Waals surface area contributed by atoms with Crippen LogP contribution in [0.25, 0.3) is 11.3 Å². The molecule has 0 radical (unpaired) electrons. The van der Waals surface area contributed by atoms with Gasteiger partial charge in [0.05, 0.1) is 11.9 Å². The van der Waals surface area contributed by atoms with Gasteiger partial charge in [0.15, 0.2) is 5.82 Å². The minimum absolute atomic E-state index is 0.0758.